The molecular weight excluding hydrogens is 306 g/mol. The van der Waals surface area contributed by atoms with Gasteiger partial charge >= 0.3 is 5.97 Å². The summed E-state index contributed by atoms with van der Waals surface area (Å²) in [6.45, 7) is 5.31. The van der Waals surface area contributed by atoms with E-state index in [0.717, 1.165) is 25.2 Å². The van der Waals surface area contributed by atoms with Crippen LogP contribution < -0.4 is 15.5 Å². The van der Waals surface area contributed by atoms with E-state index in [1.807, 2.05) is 37.3 Å². The number of likely N-dealkylation sites (N-methyl/N-ethyl adjacent to an activating group) is 1. The lowest BCUT2D eigenvalue weighted by molar-refractivity contribution is 0.0690. The van der Waals surface area contributed by atoms with Crippen molar-refractivity contribution in [1.29, 1.82) is 0 Å². The Labute approximate surface area is 140 Å². The summed E-state index contributed by atoms with van der Waals surface area (Å²) in [4.78, 5) is 22.4. The topological polar surface area (TPSA) is 90.4 Å². The van der Waals surface area contributed by atoms with Gasteiger partial charge < -0.3 is 15.3 Å². The van der Waals surface area contributed by atoms with Crippen molar-refractivity contribution in [3.8, 4) is 11.4 Å². The lowest BCUT2D eigenvalue weighted by Gasteiger charge is -2.35. The van der Waals surface area contributed by atoms with Crippen LogP contribution in [0.3, 0.4) is 0 Å². The highest BCUT2D eigenvalue weighted by molar-refractivity contribution is 5.87. The van der Waals surface area contributed by atoms with Crippen molar-refractivity contribution < 1.29 is 9.90 Å². The standard InChI is InChI=1S/C17H21N5O2/c1-2-22(15-11-18-8-9-19-15)14-10-13(17(23)24)20-16(21-14)12-6-4-3-5-7-12/h3-7,10,15,18-19H,2,8-9,11H2,1H3,(H,23,24). The monoisotopic (exact) mass is 327 g/mol. The number of hydrogen-bond donors (Lipinski definition) is 3. The molecule has 1 aliphatic rings. The van der Waals surface area contributed by atoms with E-state index in [1.54, 1.807) is 0 Å². The highest BCUT2D eigenvalue weighted by Gasteiger charge is 2.22. The van der Waals surface area contributed by atoms with Crippen molar-refractivity contribution in [3.63, 3.8) is 0 Å². The molecule has 2 aromatic rings. The number of nitrogens with zero attached hydrogens (tertiary/aromatic N) is 3. The fourth-order valence-corrected chi connectivity index (χ4v) is 2.81. The third-order valence-electron chi connectivity index (χ3n) is 3.99. The molecule has 1 saturated heterocycles. The van der Waals surface area contributed by atoms with Gasteiger partial charge in [-0.05, 0) is 6.92 Å². The van der Waals surface area contributed by atoms with E-state index in [-0.39, 0.29) is 11.9 Å². The van der Waals surface area contributed by atoms with Gasteiger partial charge in [-0.2, -0.15) is 0 Å². The molecule has 1 aromatic carbocycles. The number of benzene rings is 1. The number of anilines is 1. The normalized spacial score (nSPS) is 17.5. The van der Waals surface area contributed by atoms with Crippen molar-refractivity contribution >= 4 is 11.8 Å². The van der Waals surface area contributed by atoms with Gasteiger partial charge in [-0.25, -0.2) is 14.8 Å². The molecule has 3 rings (SSSR count). The van der Waals surface area contributed by atoms with Crippen LogP contribution in [0.2, 0.25) is 0 Å². The molecule has 2 heterocycles. The molecule has 0 radical (unpaired) electrons. The Balaban J connectivity index is 2.02. The number of carbonyl (C=O) groups is 1. The maximum atomic E-state index is 11.5. The summed E-state index contributed by atoms with van der Waals surface area (Å²) in [5.74, 6) is -0.0146. The summed E-state index contributed by atoms with van der Waals surface area (Å²) in [5.41, 5.74) is 0.800. The molecule has 3 N–H and O–H groups in total. The molecule has 1 atom stereocenters. The smallest absolute Gasteiger partial charge is 0.354 e. The second-order valence-corrected chi connectivity index (χ2v) is 5.57. The van der Waals surface area contributed by atoms with E-state index in [2.05, 4.69) is 25.5 Å². The van der Waals surface area contributed by atoms with Crippen LogP contribution in [0, 0.1) is 0 Å². The maximum Gasteiger partial charge on any atom is 0.354 e. The van der Waals surface area contributed by atoms with Crippen LogP contribution in [0.25, 0.3) is 11.4 Å². The maximum absolute atomic E-state index is 11.5. The van der Waals surface area contributed by atoms with Crippen molar-refractivity contribution in [2.45, 2.75) is 13.1 Å². The molecule has 0 bridgehead atoms. The zero-order valence-electron chi connectivity index (χ0n) is 13.6. The SMILES string of the molecule is CCN(c1cc(C(=O)O)nc(-c2ccccc2)n1)C1CNCCN1. The molecule has 0 amide bonds. The molecule has 126 valence electrons. The highest BCUT2D eigenvalue weighted by Crippen LogP contribution is 2.21. The number of piperazine rings is 1. The van der Waals surface area contributed by atoms with E-state index < -0.39 is 5.97 Å². The molecule has 1 fully saturated rings. The molecule has 7 heteroatoms. The quantitative estimate of drug-likeness (QED) is 0.760. The first kappa shape index (κ1) is 16.4. The second kappa shape index (κ2) is 7.37. The number of aromatic carboxylic acids is 1. The number of hydrogen-bond acceptors (Lipinski definition) is 6. The molecule has 24 heavy (non-hydrogen) atoms. The predicted molar refractivity (Wildman–Crippen MR) is 92.1 cm³/mol. The van der Waals surface area contributed by atoms with E-state index in [0.29, 0.717) is 18.2 Å². The van der Waals surface area contributed by atoms with Gasteiger partial charge in [0.1, 0.15) is 5.82 Å². The van der Waals surface area contributed by atoms with E-state index >= 15 is 0 Å². The molecule has 0 saturated carbocycles. The molecule has 0 aliphatic carbocycles. The first-order valence-electron chi connectivity index (χ1n) is 8.07. The van der Waals surface area contributed by atoms with Crippen LogP contribution in [0.15, 0.2) is 36.4 Å². The van der Waals surface area contributed by atoms with E-state index in [4.69, 9.17) is 0 Å². The van der Waals surface area contributed by atoms with Crippen LogP contribution in [0.4, 0.5) is 5.82 Å². The van der Waals surface area contributed by atoms with Gasteiger partial charge in [0, 0.05) is 37.8 Å². The Morgan fingerprint density at radius 3 is 2.71 bits per heavy atom. The molecule has 1 aromatic heterocycles. The zero-order chi connectivity index (χ0) is 16.9. The summed E-state index contributed by atoms with van der Waals surface area (Å²) < 4.78 is 0. The summed E-state index contributed by atoms with van der Waals surface area (Å²) in [5, 5.41) is 16.2. The van der Waals surface area contributed by atoms with Gasteiger partial charge in [0.15, 0.2) is 11.5 Å². The number of rotatable bonds is 5. The molecular formula is C17H21N5O2. The third-order valence-corrected chi connectivity index (χ3v) is 3.99. The summed E-state index contributed by atoms with van der Waals surface area (Å²) in [6, 6.07) is 11.0. The number of aromatic nitrogens is 2. The number of carboxylic acids is 1. The minimum Gasteiger partial charge on any atom is -0.477 e. The fourth-order valence-electron chi connectivity index (χ4n) is 2.81. The molecule has 7 nitrogen and oxygen atoms in total. The summed E-state index contributed by atoms with van der Waals surface area (Å²) in [6.07, 6.45) is 0.0731. The van der Waals surface area contributed by atoms with Crippen molar-refractivity contribution in [2.24, 2.45) is 0 Å². The average Bonchev–Trinajstić information content (AvgIpc) is 2.64. The number of carboxylic acid groups (broad SMARTS) is 1. The Hall–Kier alpha value is -2.51. The van der Waals surface area contributed by atoms with Crippen molar-refractivity contribution in [3.05, 3.63) is 42.1 Å². The minimum atomic E-state index is -1.05. The summed E-state index contributed by atoms with van der Waals surface area (Å²) in [7, 11) is 0. The van der Waals surface area contributed by atoms with Crippen molar-refractivity contribution in [2.75, 3.05) is 31.1 Å². The molecule has 1 unspecified atom stereocenters. The van der Waals surface area contributed by atoms with Crippen molar-refractivity contribution in [1.82, 2.24) is 20.6 Å². The largest absolute Gasteiger partial charge is 0.477 e. The average molecular weight is 327 g/mol. The zero-order valence-corrected chi connectivity index (χ0v) is 13.6. The van der Waals surface area contributed by atoms with Gasteiger partial charge in [0.2, 0.25) is 0 Å². The first-order chi connectivity index (χ1) is 11.7. The van der Waals surface area contributed by atoms with Crippen LogP contribution in [0.5, 0.6) is 0 Å². The molecule has 1 aliphatic heterocycles. The number of nitrogens with one attached hydrogen (secondary N) is 2. The van der Waals surface area contributed by atoms with Crippen LogP contribution in [0.1, 0.15) is 17.4 Å². The van der Waals surface area contributed by atoms with Gasteiger partial charge in [-0.15, -0.1) is 0 Å². The highest BCUT2D eigenvalue weighted by atomic mass is 16.4. The van der Waals surface area contributed by atoms with E-state index in [9.17, 15) is 9.90 Å². The Morgan fingerprint density at radius 1 is 1.29 bits per heavy atom. The third kappa shape index (κ3) is 3.52. The Bertz CT molecular complexity index is 701. The first-order valence-corrected chi connectivity index (χ1v) is 8.07. The van der Waals surface area contributed by atoms with Gasteiger partial charge in [0.05, 0.1) is 6.17 Å². The predicted octanol–water partition coefficient (Wildman–Crippen LogP) is 1.19. The summed E-state index contributed by atoms with van der Waals surface area (Å²) >= 11 is 0. The Morgan fingerprint density at radius 2 is 2.08 bits per heavy atom. The van der Waals surface area contributed by atoms with Gasteiger partial charge in [0.25, 0.3) is 0 Å². The Kier molecular flexibility index (Phi) is 5.02. The fraction of sp³-hybridized carbons (Fsp3) is 0.353. The lowest BCUT2D eigenvalue weighted by Crippen LogP contribution is -2.57. The van der Waals surface area contributed by atoms with Crippen LogP contribution in [-0.2, 0) is 0 Å². The van der Waals surface area contributed by atoms with Gasteiger partial charge in [-0.3, -0.25) is 5.32 Å². The van der Waals surface area contributed by atoms with Crippen LogP contribution >= 0.6 is 0 Å². The minimum absolute atomic E-state index is 0.000992. The van der Waals surface area contributed by atoms with Crippen LogP contribution in [-0.4, -0.2) is 53.4 Å². The lowest BCUT2D eigenvalue weighted by atomic mass is 10.2. The second-order valence-electron chi connectivity index (χ2n) is 5.57. The molecule has 0 spiro atoms. The van der Waals surface area contributed by atoms with Gasteiger partial charge in [-0.1, -0.05) is 30.3 Å². The van der Waals surface area contributed by atoms with E-state index in [1.165, 1.54) is 6.07 Å².